The second-order valence-corrected chi connectivity index (χ2v) is 5.77. The van der Waals surface area contributed by atoms with Gasteiger partial charge in [-0.15, -0.1) is 0 Å². The van der Waals surface area contributed by atoms with E-state index >= 15 is 0 Å². The molecule has 128 valence electrons. The van der Waals surface area contributed by atoms with Crippen molar-refractivity contribution in [2.75, 3.05) is 0 Å². The minimum Gasteiger partial charge on any atom is -0.280 e. The van der Waals surface area contributed by atoms with E-state index in [4.69, 9.17) is 0 Å². The first kappa shape index (κ1) is 15.8. The van der Waals surface area contributed by atoms with Crippen molar-refractivity contribution < 1.29 is 0 Å². The Morgan fingerprint density at radius 1 is 1.00 bits per heavy atom. The number of rotatable bonds is 3. The summed E-state index contributed by atoms with van der Waals surface area (Å²) in [6.45, 7) is 0.139. The molecule has 8 nitrogen and oxygen atoms in total. The van der Waals surface area contributed by atoms with Crippen LogP contribution in [0.15, 0.2) is 64.8 Å². The van der Waals surface area contributed by atoms with Crippen molar-refractivity contribution in [3.8, 4) is 11.4 Å². The first-order chi connectivity index (χ1) is 12.6. The van der Waals surface area contributed by atoms with Crippen molar-refractivity contribution in [2.45, 2.75) is 6.54 Å². The van der Waals surface area contributed by atoms with E-state index in [9.17, 15) is 9.59 Å². The highest BCUT2D eigenvalue weighted by molar-refractivity contribution is 5.75. The van der Waals surface area contributed by atoms with Gasteiger partial charge in [0, 0.05) is 43.6 Å². The van der Waals surface area contributed by atoms with Crippen molar-refractivity contribution in [3.63, 3.8) is 0 Å². The predicted octanol–water partition coefficient (Wildman–Crippen LogP) is 0.995. The summed E-state index contributed by atoms with van der Waals surface area (Å²) in [7, 11) is 1.59. The Bertz CT molecular complexity index is 1200. The number of fused-ring (bicyclic) bond motifs is 1. The van der Waals surface area contributed by atoms with E-state index in [1.807, 2.05) is 12.1 Å². The van der Waals surface area contributed by atoms with E-state index in [2.05, 4.69) is 19.9 Å². The highest BCUT2D eigenvalue weighted by Gasteiger charge is 2.14. The number of nitrogens with zero attached hydrogens (tertiary/aromatic N) is 6. The van der Waals surface area contributed by atoms with E-state index in [-0.39, 0.29) is 17.6 Å². The van der Waals surface area contributed by atoms with Crippen LogP contribution < -0.4 is 11.2 Å². The van der Waals surface area contributed by atoms with Crippen LogP contribution in [-0.2, 0) is 13.6 Å². The largest absolute Gasteiger partial charge is 0.332 e. The van der Waals surface area contributed by atoms with Gasteiger partial charge in [0.15, 0.2) is 11.5 Å². The summed E-state index contributed by atoms with van der Waals surface area (Å²) in [5.41, 5.74) is 0.892. The number of hydrogen-bond donors (Lipinski definition) is 0. The molecule has 0 atom stereocenters. The highest BCUT2D eigenvalue weighted by atomic mass is 16.2. The van der Waals surface area contributed by atoms with Crippen LogP contribution in [0, 0.1) is 0 Å². The molecule has 0 bridgehead atoms. The summed E-state index contributed by atoms with van der Waals surface area (Å²) < 4.78 is 2.51. The lowest BCUT2D eigenvalue weighted by molar-refractivity contribution is 0.655. The molecule has 4 aromatic heterocycles. The van der Waals surface area contributed by atoms with Crippen molar-refractivity contribution in [3.05, 3.63) is 81.7 Å². The molecule has 26 heavy (non-hydrogen) atoms. The number of hydrogen-bond acceptors (Lipinski definition) is 6. The third-order valence-electron chi connectivity index (χ3n) is 4.06. The molecule has 0 fully saturated rings. The Labute approximate surface area is 147 Å². The Hall–Kier alpha value is -3.68. The quantitative estimate of drug-likeness (QED) is 0.549. The van der Waals surface area contributed by atoms with Gasteiger partial charge < -0.3 is 0 Å². The average molecular weight is 346 g/mol. The molecular formula is C18H14N6O2. The van der Waals surface area contributed by atoms with Gasteiger partial charge in [-0.2, -0.15) is 0 Å². The van der Waals surface area contributed by atoms with E-state index < -0.39 is 11.2 Å². The molecule has 0 spiro atoms. The summed E-state index contributed by atoms with van der Waals surface area (Å²) >= 11 is 0. The van der Waals surface area contributed by atoms with Crippen molar-refractivity contribution in [1.29, 1.82) is 0 Å². The summed E-state index contributed by atoms with van der Waals surface area (Å²) in [5.74, 6) is 0.407. The van der Waals surface area contributed by atoms with Gasteiger partial charge in [0.1, 0.15) is 5.39 Å². The van der Waals surface area contributed by atoms with Crippen LogP contribution in [0.25, 0.3) is 22.4 Å². The molecule has 0 aliphatic carbocycles. The fraction of sp³-hybridized carbons (Fsp3) is 0.111. The number of aromatic nitrogens is 6. The molecule has 0 aliphatic heterocycles. The smallest absolute Gasteiger partial charge is 0.280 e. The standard InChI is InChI=1S/C18H14N6O2/c1-23-16-14(10-21-15(22-16)13-5-3-7-20-9-13)17(25)24(18(23)26)11-12-4-2-6-19-8-12/h2-10H,11H2,1H3. The third kappa shape index (κ3) is 2.67. The maximum Gasteiger partial charge on any atom is 0.332 e. The zero-order chi connectivity index (χ0) is 18.1. The molecule has 0 N–H and O–H groups in total. The van der Waals surface area contributed by atoms with Crippen LogP contribution >= 0.6 is 0 Å². The molecule has 4 heterocycles. The number of aryl methyl sites for hydroxylation is 1. The fourth-order valence-corrected chi connectivity index (χ4v) is 2.73. The van der Waals surface area contributed by atoms with Crippen LogP contribution in [0.2, 0.25) is 0 Å². The van der Waals surface area contributed by atoms with Gasteiger partial charge in [0.2, 0.25) is 0 Å². The van der Waals surface area contributed by atoms with Crippen LogP contribution in [0.1, 0.15) is 5.56 Å². The maximum atomic E-state index is 12.8. The van der Waals surface area contributed by atoms with Gasteiger partial charge >= 0.3 is 5.69 Å². The van der Waals surface area contributed by atoms with Gasteiger partial charge in [-0.05, 0) is 23.8 Å². The summed E-state index contributed by atoms with van der Waals surface area (Å²) in [6.07, 6.45) is 7.99. The molecule has 0 amide bonds. The normalized spacial score (nSPS) is 11.0. The molecule has 4 aromatic rings. The van der Waals surface area contributed by atoms with E-state index in [0.717, 1.165) is 10.1 Å². The van der Waals surface area contributed by atoms with E-state index in [1.165, 1.54) is 10.8 Å². The Morgan fingerprint density at radius 2 is 1.77 bits per heavy atom. The van der Waals surface area contributed by atoms with E-state index in [0.29, 0.717) is 11.4 Å². The Morgan fingerprint density at radius 3 is 2.46 bits per heavy atom. The SMILES string of the molecule is Cn1c(=O)n(Cc2cccnc2)c(=O)c2cnc(-c3cccnc3)nc21. The zero-order valence-electron chi connectivity index (χ0n) is 13.9. The number of pyridine rings is 2. The molecular weight excluding hydrogens is 332 g/mol. The average Bonchev–Trinajstić information content (AvgIpc) is 2.70. The van der Waals surface area contributed by atoms with Crippen LogP contribution in [0.4, 0.5) is 0 Å². The zero-order valence-corrected chi connectivity index (χ0v) is 13.9. The van der Waals surface area contributed by atoms with Gasteiger partial charge in [0.25, 0.3) is 5.56 Å². The monoisotopic (exact) mass is 346 g/mol. The fourth-order valence-electron chi connectivity index (χ4n) is 2.73. The molecule has 0 aromatic carbocycles. The first-order valence-electron chi connectivity index (χ1n) is 7.91. The van der Waals surface area contributed by atoms with Crippen molar-refractivity contribution in [2.24, 2.45) is 7.05 Å². The van der Waals surface area contributed by atoms with Crippen LogP contribution in [0.5, 0.6) is 0 Å². The molecule has 0 saturated carbocycles. The topological polar surface area (TPSA) is 95.6 Å². The summed E-state index contributed by atoms with van der Waals surface area (Å²) in [5, 5.41) is 0.281. The maximum absolute atomic E-state index is 12.8. The van der Waals surface area contributed by atoms with Gasteiger partial charge in [-0.1, -0.05) is 6.07 Å². The lowest BCUT2D eigenvalue weighted by Crippen LogP contribution is -2.39. The van der Waals surface area contributed by atoms with E-state index in [1.54, 1.807) is 44.0 Å². The van der Waals surface area contributed by atoms with Gasteiger partial charge in [0.05, 0.1) is 6.54 Å². The second-order valence-electron chi connectivity index (χ2n) is 5.77. The predicted molar refractivity (Wildman–Crippen MR) is 95.6 cm³/mol. The summed E-state index contributed by atoms with van der Waals surface area (Å²) in [6, 6.07) is 7.16. The Kier molecular flexibility index (Phi) is 3.85. The van der Waals surface area contributed by atoms with Crippen molar-refractivity contribution in [1.82, 2.24) is 29.1 Å². The highest BCUT2D eigenvalue weighted by Crippen LogP contribution is 2.14. The second kappa shape index (κ2) is 6.32. The molecule has 0 aliphatic rings. The molecule has 0 unspecified atom stereocenters. The lowest BCUT2D eigenvalue weighted by Gasteiger charge is -2.10. The molecule has 8 heteroatoms. The van der Waals surface area contributed by atoms with Gasteiger partial charge in [-0.3, -0.25) is 23.9 Å². The van der Waals surface area contributed by atoms with Crippen LogP contribution in [-0.4, -0.2) is 29.1 Å². The minimum absolute atomic E-state index is 0.139. The van der Waals surface area contributed by atoms with Crippen LogP contribution in [0.3, 0.4) is 0 Å². The third-order valence-corrected chi connectivity index (χ3v) is 4.06. The van der Waals surface area contributed by atoms with Crippen molar-refractivity contribution >= 4 is 11.0 Å². The molecule has 0 radical (unpaired) electrons. The molecule has 4 rings (SSSR count). The molecule has 0 saturated heterocycles. The van der Waals surface area contributed by atoms with Gasteiger partial charge in [-0.25, -0.2) is 14.8 Å². The first-order valence-corrected chi connectivity index (χ1v) is 7.91. The summed E-state index contributed by atoms with van der Waals surface area (Å²) in [4.78, 5) is 42.2. The minimum atomic E-state index is -0.442. The Balaban J connectivity index is 1.90. The lowest BCUT2D eigenvalue weighted by atomic mass is 10.2.